The third-order valence-corrected chi connectivity index (χ3v) is 4.59. The first kappa shape index (κ1) is 16.9. The largest absolute Gasteiger partial charge is 0.378 e. The topological polar surface area (TPSA) is 66.0 Å². The molecule has 2 aliphatic heterocycles. The lowest BCUT2D eigenvalue weighted by atomic mass is 10.2. The van der Waals surface area contributed by atoms with Gasteiger partial charge < -0.3 is 19.4 Å². The molecule has 7 heteroatoms. The van der Waals surface area contributed by atoms with Crippen LogP contribution < -0.4 is 0 Å². The molecule has 0 radical (unpaired) electrons. The van der Waals surface area contributed by atoms with Crippen molar-refractivity contribution in [1.29, 1.82) is 0 Å². The maximum Gasteiger partial charge on any atom is 0.272 e. The van der Waals surface area contributed by atoms with Gasteiger partial charge in [0.05, 0.1) is 13.2 Å². The molecule has 0 spiro atoms. The number of carbonyl (C=O) groups excluding carboxylic acids is 2. The van der Waals surface area contributed by atoms with Crippen LogP contribution in [0.1, 0.15) is 27.9 Å². The molecule has 0 atom stereocenters. The Labute approximate surface area is 142 Å². The van der Waals surface area contributed by atoms with Gasteiger partial charge in [-0.25, -0.2) is 4.98 Å². The van der Waals surface area contributed by atoms with E-state index >= 15 is 0 Å². The Bertz CT molecular complexity index is 593. The van der Waals surface area contributed by atoms with Gasteiger partial charge in [-0.05, 0) is 18.7 Å². The fraction of sp³-hybridized carbons (Fsp3) is 0.588. The van der Waals surface area contributed by atoms with Crippen molar-refractivity contribution in [2.75, 3.05) is 59.0 Å². The molecule has 3 heterocycles. The number of ether oxygens (including phenoxy) is 1. The van der Waals surface area contributed by atoms with E-state index < -0.39 is 0 Å². The molecule has 2 fully saturated rings. The minimum atomic E-state index is -0.135. The van der Waals surface area contributed by atoms with Crippen LogP contribution in [-0.2, 0) is 4.74 Å². The van der Waals surface area contributed by atoms with Gasteiger partial charge in [0.25, 0.3) is 11.8 Å². The van der Waals surface area contributed by atoms with Crippen molar-refractivity contribution in [3.63, 3.8) is 0 Å². The third kappa shape index (κ3) is 3.73. The van der Waals surface area contributed by atoms with Gasteiger partial charge in [-0.15, -0.1) is 0 Å². The summed E-state index contributed by atoms with van der Waals surface area (Å²) in [6.07, 6.45) is 0. The van der Waals surface area contributed by atoms with E-state index in [2.05, 4.69) is 16.8 Å². The number of hydrogen-bond acceptors (Lipinski definition) is 5. The van der Waals surface area contributed by atoms with Gasteiger partial charge >= 0.3 is 0 Å². The van der Waals surface area contributed by atoms with E-state index in [-0.39, 0.29) is 11.8 Å². The molecule has 2 saturated heterocycles. The van der Waals surface area contributed by atoms with Crippen molar-refractivity contribution < 1.29 is 14.3 Å². The lowest BCUT2D eigenvalue weighted by Gasteiger charge is -2.33. The molecule has 0 aliphatic carbocycles. The Balaban J connectivity index is 1.68. The van der Waals surface area contributed by atoms with Crippen molar-refractivity contribution >= 4 is 11.8 Å². The molecule has 130 valence electrons. The summed E-state index contributed by atoms with van der Waals surface area (Å²) in [5.74, 6) is -0.230. The van der Waals surface area contributed by atoms with Gasteiger partial charge in [-0.3, -0.25) is 9.59 Å². The van der Waals surface area contributed by atoms with E-state index in [4.69, 9.17) is 4.74 Å². The highest BCUT2D eigenvalue weighted by atomic mass is 16.5. The molecule has 0 unspecified atom stereocenters. The SMILES string of the molecule is CCN1CCN(C(=O)c2cccc(C(=O)N3CCOCC3)n2)CC1. The van der Waals surface area contributed by atoms with Crippen LogP contribution in [0.4, 0.5) is 0 Å². The van der Waals surface area contributed by atoms with E-state index in [1.165, 1.54) is 0 Å². The summed E-state index contributed by atoms with van der Waals surface area (Å²) in [7, 11) is 0. The number of rotatable bonds is 3. The molecule has 2 amide bonds. The Morgan fingerprint density at radius 1 is 0.958 bits per heavy atom. The first-order valence-electron chi connectivity index (χ1n) is 8.54. The maximum atomic E-state index is 12.6. The minimum absolute atomic E-state index is 0.0950. The van der Waals surface area contributed by atoms with Gasteiger partial charge in [-0.2, -0.15) is 0 Å². The highest BCUT2D eigenvalue weighted by Crippen LogP contribution is 2.10. The number of piperazine rings is 1. The molecule has 0 N–H and O–H groups in total. The smallest absolute Gasteiger partial charge is 0.272 e. The van der Waals surface area contributed by atoms with Gasteiger partial charge in [0, 0.05) is 39.3 Å². The van der Waals surface area contributed by atoms with Crippen LogP contribution in [-0.4, -0.2) is 90.5 Å². The number of hydrogen-bond donors (Lipinski definition) is 0. The standard InChI is InChI=1S/C17H24N4O3/c1-2-19-6-8-20(9-7-19)16(22)14-4-3-5-15(18-14)17(23)21-10-12-24-13-11-21/h3-5H,2,6-13H2,1H3. The summed E-state index contributed by atoms with van der Waals surface area (Å²) in [4.78, 5) is 35.3. The zero-order chi connectivity index (χ0) is 16.9. The van der Waals surface area contributed by atoms with Crippen molar-refractivity contribution in [2.45, 2.75) is 6.92 Å². The van der Waals surface area contributed by atoms with Crippen molar-refractivity contribution in [3.8, 4) is 0 Å². The number of pyridine rings is 1. The molecule has 2 aliphatic rings. The van der Waals surface area contributed by atoms with Crippen LogP contribution in [0, 0.1) is 0 Å². The summed E-state index contributed by atoms with van der Waals surface area (Å²) < 4.78 is 5.27. The van der Waals surface area contributed by atoms with Crippen LogP contribution in [0.3, 0.4) is 0 Å². The maximum absolute atomic E-state index is 12.6. The molecule has 7 nitrogen and oxygen atoms in total. The first-order chi connectivity index (χ1) is 11.7. The predicted molar refractivity (Wildman–Crippen MR) is 89.0 cm³/mol. The molecular formula is C17H24N4O3. The number of aromatic nitrogens is 1. The number of nitrogens with zero attached hydrogens (tertiary/aromatic N) is 4. The second-order valence-corrected chi connectivity index (χ2v) is 6.04. The monoisotopic (exact) mass is 332 g/mol. The second kappa shape index (κ2) is 7.72. The van der Waals surface area contributed by atoms with Gasteiger partial charge in [0.15, 0.2) is 0 Å². The lowest BCUT2D eigenvalue weighted by Crippen LogP contribution is -2.48. The van der Waals surface area contributed by atoms with Crippen molar-refractivity contribution in [3.05, 3.63) is 29.6 Å². The van der Waals surface area contributed by atoms with E-state index in [1.807, 2.05) is 4.90 Å². The Hall–Kier alpha value is -1.99. The van der Waals surface area contributed by atoms with Crippen molar-refractivity contribution in [1.82, 2.24) is 19.7 Å². The normalized spacial score (nSPS) is 19.4. The molecule has 0 bridgehead atoms. The summed E-state index contributed by atoms with van der Waals surface area (Å²) in [5.41, 5.74) is 0.675. The molecule has 1 aromatic heterocycles. The van der Waals surface area contributed by atoms with Crippen LogP contribution >= 0.6 is 0 Å². The van der Waals surface area contributed by atoms with Crippen LogP contribution in [0.2, 0.25) is 0 Å². The zero-order valence-corrected chi connectivity index (χ0v) is 14.1. The van der Waals surface area contributed by atoms with Gasteiger partial charge in [0.2, 0.25) is 0 Å². The molecule has 0 aromatic carbocycles. The Morgan fingerprint density at radius 3 is 2.04 bits per heavy atom. The summed E-state index contributed by atoms with van der Waals surface area (Å²) in [6.45, 7) is 8.53. The highest BCUT2D eigenvalue weighted by Gasteiger charge is 2.24. The lowest BCUT2D eigenvalue weighted by molar-refractivity contribution is 0.0299. The van der Waals surface area contributed by atoms with Crippen LogP contribution in [0.5, 0.6) is 0 Å². The molecule has 3 rings (SSSR count). The Kier molecular flexibility index (Phi) is 5.42. The second-order valence-electron chi connectivity index (χ2n) is 6.04. The first-order valence-corrected chi connectivity index (χ1v) is 8.54. The average molecular weight is 332 g/mol. The number of amides is 2. The predicted octanol–water partition coefficient (Wildman–Crippen LogP) is 0.332. The zero-order valence-electron chi connectivity index (χ0n) is 14.1. The number of likely N-dealkylation sites (N-methyl/N-ethyl adjacent to an activating group) is 1. The summed E-state index contributed by atoms with van der Waals surface area (Å²) in [6, 6.07) is 5.09. The third-order valence-electron chi connectivity index (χ3n) is 4.59. The van der Waals surface area contributed by atoms with Crippen LogP contribution in [0.25, 0.3) is 0 Å². The molecule has 24 heavy (non-hydrogen) atoms. The fourth-order valence-electron chi connectivity index (χ4n) is 3.03. The number of carbonyl (C=O) groups is 2. The van der Waals surface area contributed by atoms with E-state index in [0.717, 1.165) is 19.6 Å². The van der Waals surface area contributed by atoms with E-state index in [9.17, 15) is 9.59 Å². The van der Waals surface area contributed by atoms with E-state index in [0.29, 0.717) is 50.8 Å². The van der Waals surface area contributed by atoms with Gasteiger partial charge in [-0.1, -0.05) is 13.0 Å². The van der Waals surface area contributed by atoms with Gasteiger partial charge in [0.1, 0.15) is 11.4 Å². The quantitative estimate of drug-likeness (QED) is 0.798. The molecule has 0 saturated carbocycles. The highest BCUT2D eigenvalue weighted by molar-refractivity contribution is 5.96. The van der Waals surface area contributed by atoms with E-state index in [1.54, 1.807) is 23.1 Å². The average Bonchev–Trinajstić information content (AvgIpc) is 2.67. The Morgan fingerprint density at radius 2 is 1.50 bits per heavy atom. The summed E-state index contributed by atoms with van der Waals surface area (Å²) >= 11 is 0. The number of morpholine rings is 1. The molecular weight excluding hydrogens is 308 g/mol. The minimum Gasteiger partial charge on any atom is -0.378 e. The van der Waals surface area contributed by atoms with Crippen molar-refractivity contribution in [2.24, 2.45) is 0 Å². The fourth-order valence-corrected chi connectivity index (χ4v) is 3.03. The van der Waals surface area contributed by atoms with Crippen LogP contribution in [0.15, 0.2) is 18.2 Å². The summed E-state index contributed by atoms with van der Waals surface area (Å²) in [5, 5.41) is 0. The molecule has 1 aromatic rings.